The second kappa shape index (κ2) is 5.91. The number of ether oxygens (including phenoxy) is 1. The molecule has 0 fully saturated rings. The van der Waals surface area contributed by atoms with Crippen LogP contribution in [-0.2, 0) is 23.5 Å². The molecule has 2 aromatic carbocycles. The normalized spacial score (nSPS) is 14.5. The lowest BCUT2D eigenvalue weighted by Gasteiger charge is -2.30. The van der Waals surface area contributed by atoms with Gasteiger partial charge in [-0.1, -0.05) is 0 Å². The van der Waals surface area contributed by atoms with Gasteiger partial charge in [0.2, 0.25) is 0 Å². The molecule has 8 heteroatoms. The smallest absolute Gasteiger partial charge is 0.419 e. The summed E-state index contributed by atoms with van der Waals surface area (Å²) in [6.07, 6.45) is 1.52. The zero-order valence-corrected chi connectivity index (χ0v) is 15.2. The first-order chi connectivity index (χ1) is 12.4. The van der Waals surface area contributed by atoms with E-state index in [1.54, 1.807) is 32.4 Å². The second-order valence-electron chi connectivity index (χ2n) is 6.23. The van der Waals surface area contributed by atoms with Gasteiger partial charge in [0.05, 0.1) is 23.2 Å². The lowest BCUT2D eigenvalue weighted by molar-refractivity contribution is 0.414. The summed E-state index contributed by atoms with van der Waals surface area (Å²) in [6, 6.07) is 9.90. The van der Waals surface area contributed by atoms with Crippen molar-refractivity contribution in [3.8, 4) is 5.75 Å². The molecule has 3 aromatic rings. The summed E-state index contributed by atoms with van der Waals surface area (Å²) in [6.45, 7) is 0.401. The van der Waals surface area contributed by atoms with Crippen molar-refractivity contribution in [2.45, 2.75) is 17.7 Å². The number of hydrogen-bond acceptors (Lipinski definition) is 5. The number of hydrogen-bond donors (Lipinski definition) is 0. The highest BCUT2D eigenvalue weighted by Gasteiger charge is 2.30. The predicted octanol–water partition coefficient (Wildman–Crippen LogP) is 2.28. The number of methoxy groups -OCH3 is 1. The van der Waals surface area contributed by atoms with E-state index in [4.69, 9.17) is 9.15 Å². The molecule has 0 atom stereocenters. The summed E-state index contributed by atoms with van der Waals surface area (Å²) in [4.78, 5) is 11.7. The van der Waals surface area contributed by atoms with E-state index in [2.05, 4.69) is 0 Å². The number of oxazole rings is 1. The average molecular weight is 374 g/mol. The van der Waals surface area contributed by atoms with E-state index in [0.29, 0.717) is 23.5 Å². The quantitative estimate of drug-likeness (QED) is 0.702. The fourth-order valence-corrected chi connectivity index (χ4v) is 4.87. The van der Waals surface area contributed by atoms with Gasteiger partial charge in [0.15, 0.2) is 5.58 Å². The first kappa shape index (κ1) is 16.7. The monoisotopic (exact) mass is 374 g/mol. The zero-order valence-electron chi connectivity index (χ0n) is 14.4. The van der Waals surface area contributed by atoms with Crippen LogP contribution in [0.4, 0.5) is 5.69 Å². The summed E-state index contributed by atoms with van der Waals surface area (Å²) in [5.41, 5.74) is 2.40. The van der Waals surface area contributed by atoms with Crippen LogP contribution in [0.25, 0.3) is 11.1 Å². The maximum atomic E-state index is 13.2. The van der Waals surface area contributed by atoms with Crippen LogP contribution in [0.1, 0.15) is 12.0 Å². The molecular weight excluding hydrogens is 356 g/mol. The Hall–Kier alpha value is -2.74. The van der Waals surface area contributed by atoms with Crippen molar-refractivity contribution in [1.82, 2.24) is 4.57 Å². The molecule has 1 aliphatic heterocycles. The first-order valence-electron chi connectivity index (χ1n) is 8.21. The topological polar surface area (TPSA) is 81.8 Å². The summed E-state index contributed by atoms with van der Waals surface area (Å²) < 4.78 is 39.5. The van der Waals surface area contributed by atoms with Gasteiger partial charge < -0.3 is 9.15 Å². The van der Waals surface area contributed by atoms with Crippen molar-refractivity contribution in [3.05, 3.63) is 52.5 Å². The van der Waals surface area contributed by atoms with E-state index in [1.807, 2.05) is 6.07 Å². The third-order valence-corrected chi connectivity index (χ3v) is 6.52. The number of rotatable bonds is 3. The molecule has 1 aliphatic rings. The van der Waals surface area contributed by atoms with Crippen molar-refractivity contribution in [1.29, 1.82) is 0 Å². The van der Waals surface area contributed by atoms with Crippen molar-refractivity contribution in [3.63, 3.8) is 0 Å². The van der Waals surface area contributed by atoms with E-state index < -0.39 is 15.8 Å². The third-order valence-electron chi connectivity index (χ3n) is 4.71. The van der Waals surface area contributed by atoms with Gasteiger partial charge in [-0.15, -0.1) is 0 Å². The Morgan fingerprint density at radius 2 is 1.96 bits per heavy atom. The van der Waals surface area contributed by atoms with E-state index >= 15 is 0 Å². The molecule has 0 N–H and O–H groups in total. The van der Waals surface area contributed by atoms with Gasteiger partial charge in [-0.2, -0.15) is 0 Å². The summed E-state index contributed by atoms with van der Waals surface area (Å²) in [5, 5.41) is 0. The minimum atomic E-state index is -3.77. The van der Waals surface area contributed by atoms with Crippen LogP contribution in [0.5, 0.6) is 5.75 Å². The molecule has 0 saturated carbocycles. The minimum Gasteiger partial charge on any atom is -0.497 e. The largest absolute Gasteiger partial charge is 0.497 e. The first-order valence-corrected chi connectivity index (χ1v) is 9.65. The Bertz CT molecular complexity index is 1160. The van der Waals surface area contributed by atoms with Gasteiger partial charge >= 0.3 is 5.76 Å². The Morgan fingerprint density at radius 3 is 2.73 bits per heavy atom. The highest BCUT2D eigenvalue weighted by molar-refractivity contribution is 7.92. The van der Waals surface area contributed by atoms with Crippen molar-refractivity contribution in [2.75, 3.05) is 18.0 Å². The van der Waals surface area contributed by atoms with Gasteiger partial charge in [-0.25, -0.2) is 13.2 Å². The molecule has 2 heterocycles. The number of fused-ring (bicyclic) bond motifs is 2. The molecule has 0 aliphatic carbocycles. The highest BCUT2D eigenvalue weighted by Crippen LogP contribution is 2.34. The molecule has 0 spiro atoms. The van der Waals surface area contributed by atoms with Crippen LogP contribution < -0.4 is 14.8 Å². The Labute approximate surface area is 150 Å². The van der Waals surface area contributed by atoms with E-state index in [0.717, 1.165) is 18.4 Å². The zero-order chi connectivity index (χ0) is 18.5. The Morgan fingerprint density at radius 1 is 1.15 bits per heavy atom. The Kier molecular flexibility index (Phi) is 3.80. The number of anilines is 1. The van der Waals surface area contributed by atoms with Crippen LogP contribution in [0, 0.1) is 0 Å². The average Bonchev–Trinajstić information content (AvgIpc) is 2.94. The van der Waals surface area contributed by atoms with Gasteiger partial charge in [0, 0.05) is 19.7 Å². The van der Waals surface area contributed by atoms with E-state index in [1.165, 1.54) is 21.0 Å². The number of nitrogens with zero attached hydrogens (tertiary/aromatic N) is 2. The molecule has 0 saturated heterocycles. The number of benzene rings is 2. The molecule has 0 radical (unpaired) electrons. The molecule has 0 amide bonds. The highest BCUT2D eigenvalue weighted by atomic mass is 32.2. The van der Waals surface area contributed by atoms with E-state index in [9.17, 15) is 13.2 Å². The van der Waals surface area contributed by atoms with Crippen LogP contribution in [0.3, 0.4) is 0 Å². The van der Waals surface area contributed by atoms with Gasteiger partial charge in [0.1, 0.15) is 5.75 Å². The molecule has 1 aromatic heterocycles. The summed E-state index contributed by atoms with van der Waals surface area (Å²) in [7, 11) is -0.604. The second-order valence-corrected chi connectivity index (χ2v) is 8.09. The number of aromatic nitrogens is 1. The maximum Gasteiger partial charge on any atom is 0.419 e. The molecule has 0 unspecified atom stereocenters. The number of sulfonamides is 1. The molecule has 7 nitrogen and oxygen atoms in total. The van der Waals surface area contributed by atoms with Crippen LogP contribution >= 0.6 is 0 Å². The maximum absolute atomic E-state index is 13.2. The van der Waals surface area contributed by atoms with Crippen LogP contribution in [0.15, 0.2) is 50.5 Å². The van der Waals surface area contributed by atoms with E-state index in [-0.39, 0.29) is 10.5 Å². The lowest BCUT2D eigenvalue weighted by Crippen LogP contribution is -2.35. The summed E-state index contributed by atoms with van der Waals surface area (Å²) >= 11 is 0. The molecular formula is C18H18N2O5S. The van der Waals surface area contributed by atoms with Gasteiger partial charge in [-0.3, -0.25) is 8.87 Å². The Balaban J connectivity index is 1.82. The van der Waals surface area contributed by atoms with Crippen molar-refractivity contribution < 1.29 is 17.6 Å². The fourth-order valence-electron chi connectivity index (χ4n) is 3.32. The van der Waals surface area contributed by atoms with Crippen molar-refractivity contribution in [2.24, 2.45) is 7.05 Å². The summed E-state index contributed by atoms with van der Waals surface area (Å²) in [5.74, 6) is 0.181. The lowest BCUT2D eigenvalue weighted by atomic mass is 10.0. The van der Waals surface area contributed by atoms with Crippen LogP contribution in [0.2, 0.25) is 0 Å². The number of aryl methyl sites for hydroxylation is 2. The van der Waals surface area contributed by atoms with Crippen LogP contribution in [-0.4, -0.2) is 26.6 Å². The molecule has 136 valence electrons. The molecule has 26 heavy (non-hydrogen) atoms. The molecule has 4 rings (SSSR count). The van der Waals surface area contributed by atoms with Gasteiger partial charge in [0.25, 0.3) is 10.0 Å². The molecule has 0 bridgehead atoms. The fraction of sp³-hybridized carbons (Fsp3) is 0.278. The third kappa shape index (κ3) is 2.48. The standard InChI is InChI=1S/C18H18N2O5S/c1-19-16-8-6-14(11-17(16)25-18(19)21)26(22,23)20-9-3-4-12-10-13(24-2)5-7-15(12)20/h5-8,10-11H,3-4,9H2,1-2H3. The predicted molar refractivity (Wildman–Crippen MR) is 97.3 cm³/mol. The SMILES string of the molecule is COc1ccc2c(c1)CCCN2S(=O)(=O)c1ccc2c(c1)oc(=O)n2C. The minimum absolute atomic E-state index is 0.100. The van der Waals surface area contributed by atoms with Crippen molar-refractivity contribution >= 4 is 26.8 Å². The van der Waals surface area contributed by atoms with Gasteiger partial charge in [-0.05, 0) is 48.7 Å².